The molecule has 1 heterocycles. The molecule has 0 aliphatic carbocycles. The third-order valence-corrected chi connectivity index (χ3v) is 2.99. The SMILES string of the molecule is CN(C)c1ccccc1B1Oc2ccccc2O1. The van der Waals surface area contributed by atoms with E-state index in [0.717, 1.165) is 22.6 Å². The fraction of sp³-hybridized carbons (Fsp3) is 0.143. The molecule has 0 spiro atoms. The molecule has 2 aromatic rings. The van der Waals surface area contributed by atoms with E-state index in [1.165, 1.54) is 0 Å². The van der Waals surface area contributed by atoms with Crippen LogP contribution in [0, 0.1) is 0 Å². The Kier molecular flexibility index (Phi) is 2.63. The van der Waals surface area contributed by atoms with E-state index in [9.17, 15) is 0 Å². The fourth-order valence-corrected chi connectivity index (χ4v) is 2.12. The lowest BCUT2D eigenvalue weighted by molar-refractivity contribution is 0.519. The van der Waals surface area contributed by atoms with Crippen LogP contribution < -0.4 is 19.7 Å². The van der Waals surface area contributed by atoms with E-state index in [0.29, 0.717) is 0 Å². The predicted molar refractivity (Wildman–Crippen MR) is 73.9 cm³/mol. The topological polar surface area (TPSA) is 21.7 Å². The molecule has 3 rings (SSSR count). The molecule has 3 nitrogen and oxygen atoms in total. The first-order chi connectivity index (χ1) is 8.75. The average molecular weight is 239 g/mol. The lowest BCUT2D eigenvalue weighted by Crippen LogP contribution is -2.41. The van der Waals surface area contributed by atoms with Crippen molar-refractivity contribution in [3.05, 3.63) is 48.5 Å². The molecule has 0 fully saturated rings. The second-order valence-corrected chi connectivity index (χ2v) is 4.47. The number of para-hydroxylation sites is 3. The van der Waals surface area contributed by atoms with Gasteiger partial charge in [-0.05, 0) is 18.2 Å². The summed E-state index contributed by atoms with van der Waals surface area (Å²) in [6.45, 7) is 0. The van der Waals surface area contributed by atoms with Gasteiger partial charge in [0.25, 0.3) is 0 Å². The van der Waals surface area contributed by atoms with E-state index in [1.807, 2.05) is 56.6 Å². The van der Waals surface area contributed by atoms with Gasteiger partial charge in [0.1, 0.15) is 11.5 Å². The summed E-state index contributed by atoms with van der Waals surface area (Å²) in [4.78, 5) is 2.06. The number of hydrogen-bond acceptors (Lipinski definition) is 3. The Morgan fingerprint density at radius 1 is 0.833 bits per heavy atom. The minimum atomic E-state index is -0.360. The molecule has 1 aliphatic rings. The van der Waals surface area contributed by atoms with Crippen molar-refractivity contribution in [2.75, 3.05) is 19.0 Å². The standard InChI is InChI=1S/C14H14BNO2/c1-16(2)12-8-4-3-7-11(12)15-17-13-9-5-6-10-14(13)18-15/h3-10H,1-2H3. The molecule has 90 valence electrons. The Hall–Kier alpha value is -2.10. The Labute approximate surface area is 107 Å². The molecule has 4 heteroatoms. The number of hydrogen-bond donors (Lipinski definition) is 0. The van der Waals surface area contributed by atoms with Crippen molar-refractivity contribution < 1.29 is 9.31 Å². The van der Waals surface area contributed by atoms with Gasteiger partial charge in [-0.1, -0.05) is 30.3 Å². The van der Waals surface area contributed by atoms with E-state index in [1.54, 1.807) is 0 Å². The van der Waals surface area contributed by atoms with Crippen molar-refractivity contribution in [1.29, 1.82) is 0 Å². The molecule has 0 saturated heterocycles. The number of nitrogens with zero attached hydrogens (tertiary/aromatic N) is 1. The minimum Gasteiger partial charge on any atom is -0.519 e. The summed E-state index contributed by atoms with van der Waals surface area (Å²) in [5, 5.41) is 0. The quantitative estimate of drug-likeness (QED) is 0.747. The van der Waals surface area contributed by atoms with Crippen LogP contribution in [-0.4, -0.2) is 21.2 Å². The number of rotatable bonds is 2. The molecule has 0 saturated carbocycles. The smallest absolute Gasteiger partial charge is 0.519 e. The highest BCUT2D eigenvalue weighted by Gasteiger charge is 2.35. The average Bonchev–Trinajstić information content (AvgIpc) is 2.82. The van der Waals surface area contributed by atoms with E-state index in [4.69, 9.17) is 9.31 Å². The van der Waals surface area contributed by atoms with Gasteiger partial charge in [0.05, 0.1) is 0 Å². The van der Waals surface area contributed by atoms with Gasteiger partial charge in [0, 0.05) is 25.2 Å². The molecule has 0 N–H and O–H groups in total. The Balaban J connectivity index is 1.95. The molecule has 0 radical (unpaired) electrons. The fourth-order valence-electron chi connectivity index (χ4n) is 2.12. The van der Waals surface area contributed by atoms with Crippen molar-refractivity contribution >= 4 is 18.3 Å². The lowest BCUT2D eigenvalue weighted by atomic mass is 9.78. The molecular weight excluding hydrogens is 225 g/mol. The van der Waals surface area contributed by atoms with Gasteiger partial charge in [-0.2, -0.15) is 0 Å². The summed E-state index contributed by atoms with van der Waals surface area (Å²) < 4.78 is 11.7. The van der Waals surface area contributed by atoms with E-state index in [-0.39, 0.29) is 7.12 Å². The third-order valence-electron chi connectivity index (χ3n) is 2.99. The van der Waals surface area contributed by atoms with Gasteiger partial charge in [0.2, 0.25) is 0 Å². The molecular formula is C14H14BNO2. The van der Waals surface area contributed by atoms with Crippen LogP contribution in [0.15, 0.2) is 48.5 Å². The third kappa shape index (κ3) is 1.80. The van der Waals surface area contributed by atoms with E-state index >= 15 is 0 Å². The zero-order chi connectivity index (χ0) is 12.5. The van der Waals surface area contributed by atoms with Crippen molar-refractivity contribution in [1.82, 2.24) is 0 Å². The monoisotopic (exact) mass is 239 g/mol. The maximum Gasteiger partial charge on any atom is 0.634 e. The van der Waals surface area contributed by atoms with Crippen LogP contribution >= 0.6 is 0 Å². The second-order valence-electron chi connectivity index (χ2n) is 4.47. The van der Waals surface area contributed by atoms with E-state index in [2.05, 4.69) is 11.0 Å². The van der Waals surface area contributed by atoms with Crippen LogP contribution in [0.1, 0.15) is 0 Å². The molecule has 0 bridgehead atoms. The van der Waals surface area contributed by atoms with Crippen LogP contribution in [-0.2, 0) is 0 Å². The zero-order valence-electron chi connectivity index (χ0n) is 10.5. The van der Waals surface area contributed by atoms with Gasteiger partial charge in [-0.15, -0.1) is 0 Å². The molecule has 2 aromatic carbocycles. The van der Waals surface area contributed by atoms with Crippen molar-refractivity contribution in [2.24, 2.45) is 0 Å². The highest BCUT2D eigenvalue weighted by molar-refractivity contribution is 6.65. The maximum absolute atomic E-state index is 5.83. The minimum absolute atomic E-state index is 0.360. The highest BCUT2D eigenvalue weighted by atomic mass is 16.6. The van der Waals surface area contributed by atoms with Crippen molar-refractivity contribution in [3.63, 3.8) is 0 Å². The largest absolute Gasteiger partial charge is 0.634 e. The zero-order valence-corrected chi connectivity index (χ0v) is 10.5. The summed E-state index contributed by atoms with van der Waals surface area (Å²) in [5.74, 6) is 1.60. The number of fused-ring (bicyclic) bond motifs is 1. The normalized spacial score (nSPS) is 12.7. The first kappa shape index (κ1) is 11.0. The van der Waals surface area contributed by atoms with Crippen LogP contribution in [0.2, 0.25) is 0 Å². The molecule has 18 heavy (non-hydrogen) atoms. The molecule has 0 atom stereocenters. The van der Waals surface area contributed by atoms with Crippen LogP contribution in [0.3, 0.4) is 0 Å². The first-order valence-electron chi connectivity index (χ1n) is 5.94. The van der Waals surface area contributed by atoms with Gasteiger partial charge in [0.15, 0.2) is 0 Å². The Bertz CT molecular complexity index is 546. The van der Waals surface area contributed by atoms with Crippen LogP contribution in [0.4, 0.5) is 5.69 Å². The highest BCUT2D eigenvalue weighted by Crippen LogP contribution is 2.33. The maximum atomic E-state index is 5.83. The van der Waals surface area contributed by atoms with Crippen molar-refractivity contribution in [3.8, 4) is 11.5 Å². The summed E-state index contributed by atoms with van der Waals surface area (Å²) in [6.07, 6.45) is 0. The van der Waals surface area contributed by atoms with Crippen LogP contribution in [0.25, 0.3) is 0 Å². The molecule has 0 amide bonds. The van der Waals surface area contributed by atoms with E-state index < -0.39 is 0 Å². The first-order valence-corrected chi connectivity index (χ1v) is 5.94. The molecule has 0 unspecified atom stereocenters. The molecule has 0 aromatic heterocycles. The summed E-state index contributed by atoms with van der Waals surface area (Å²) >= 11 is 0. The van der Waals surface area contributed by atoms with Crippen LogP contribution in [0.5, 0.6) is 11.5 Å². The van der Waals surface area contributed by atoms with Gasteiger partial charge < -0.3 is 14.2 Å². The Morgan fingerprint density at radius 2 is 1.39 bits per heavy atom. The Morgan fingerprint density at radius 3 is 2.00 bits per heavy atom. The van der Waals surface area contributed by atoms with Gasteiger partial charge in [-0.3, -0.25) is 0 Å². The van der Waals surface area contributed by atoms with Crippen molar-refractivity contribution in [2.45, 2.75) is 0 Å². The van der Waals surface area contributed by atoms with Gasteiger partial charge >= 0.3 is 7.12 Å². The number of benzene rings is 2. The second kappa shape index (κ2) is 4.29. The summed E-state index contributed by atoms with van der Waals surface area (Å²) in [5.41, 5.74) is 2.15. The summed E-state index contributed by atoms with van der Waals surface area (Å²) in [7, 11) is 3.67. The summed E-state index contributed by atoms with van der Waals surface area (Å²) in [6, 6.07) is 15.8. The lowest BCUT2D eigenvalue weighted by Gasteiger charge is -2.17. The molecule has 1 aliphatic heterocycles. The number of anilines is 1. The van der Waals surface area contributed by atoms with Gasteiger partial charge in [-0.25, -0.2) is 0 Å². The predicted octanol–water partition coefficient (Wildman–Crippen LogP) is 1.92.